The number of fused-ring (bicyclic) bond motifs is 1. The van der Waals surface area contributed by atoms with Gasteiger partial charge in [0.05, 0.1) is 46.5 Å². The van der Waals surface area contributed by atoms with Crippen LogP contribution in [0.2, 0.25) is 5.02 Å². The Morgan fingerprint density at radius 3 is 2.34 bits per heavy atom. The van der Waals surface area contributed by atoms with E-state index in [0.29, 0.717) is 22.7 Å². The molecule has 5 rings (SSSR count). The van der Waals surface area contributed by atoms with Gasteiger partial charge in [0, 0.05) is 19.2 Å². The van der Waals surface area contributed by atoms with Gasteiger partial charge in [-0.05, 0) is 51.7 Å². The number of halogens is 3. The highest BCUT2D eigenvalue weighted by molar-refractivity contribution is 6.31. The molecule has 4 aromatic carbocycles. The number of aromatic nitrogens is 2. The van der Waals surface area contributed by atoms with Crippen molar-refractivity contribution in [3.63, 3.8) is 0 Å². The highest BCUT2D eigenvalue weighted by Crippen LogP contribution is 2.34. The average Bonchev–Trinajstić information content (AvgIpc) is 3.34. The zero-order chi connectivity index (χ0) is 25.1. The second-order valence-corrected chi connectivity index (χ2v) is 9.02. The molecule has 1 heterocycles. The molecule has 1 atom stereocenters. The van der Waals surface area contributed by atoms with E-state index in [0.717, 1.165) is 38.7 Å². The summed E-state index contributed by atoms with van der Waals surface area (Å²) >= 11 is 6.26. The van der Waals surface area contributed by atoms with Crippen LogP contribution in [-0.4, -0.2) is 9.55 Å². The highest BCUT2D eigenvalue weighted by Gasteiger charge is 2.20. The molecule has 0 saturated carbocycles. The zero-order valence-corrected chi connectivity index (χ0v) is 22.8. The highest BCUT2D eigenvalue weighted by atomic mass is 35.5. The summed E-state index contributed by atoms with van der Waals surface area (Å²) in [6, 6.07) is 30.1. The Balaban J connectivity index is 0.00000200. The third-order valence-electron chi connectivity index (χ3n) is 6.39. The largest absolute Gasteiger partial charge is 0.336 e. The number of benzene rings is 4. The maximum Gasteiger partial charge on any atom is 0.101 e. The Kier molecular flexibility index (Phi) is 9.53. The number of nitriles is 2. The van der Waals surface area contributed by atoms with Gasteiger partial charge in [0.1, 0.15) is 6.07 Å². The maximum atomic E-state index is 9.92. The van der Waals surface area contributed by atoms with Crippen molar-refractivity contribution in [1.82, 2.24) is 14.9 Å². The first-order valence-electron chi connectivity index (χ1n) is 11.5. The number of rotatable bonds is 6. The van der Waals surface area contributed by atoms with Crippen molar-refractivity contribution in [2.45, 2.75) is 12.6 Å². The van der Waals surface area contributed by atoms with E-state index in [1.165, 1.54) is 0 Å². The fourth-order valence-electron chi connectivity index (χ4n) is 4.54. The van der Waals surface area contributed by atoms with Gasteiger partial charge in [-0.3, -0.25) is 0 Å². The van der Waals surface area contributed by atoms with Crippen LogP contribution in [0.15, 0.2) is 91.4 Å². The molecule has 1 N–H and O–H groups in total. The Morgan fingerprint density at radius 1 is 0.895 bits per heavy atom. The summed E-state index contributed by atoms with van der Waals surface area (Å²) in [6.45, 7) is 0.533. The Labute approximate surface area is 239 Å². The summed E-state index contributed by atoms with van der Waals surface area (Å²) in [5, 5.41) is 25.4. The van der Waals surface area contributed by atoms with Crippen LogP contribution in [0.1, 0.15) is 34.0 Å². The third-order valence-corrected chi connectivity index (χ3v) is 6.70. The fourth-order valence-corrected chi connectivity index (χ4v) is 4.79. The summed E-state index contributed by atoms with van der Waals surface area (Å²) in [5.41, 5.74) is 5.96. The average molecular weight is 561 g/mol. The molecule has 190 valence electrons. The van der Waals surface area contributed by atoms with Crippen molar-refractivity contribution in [1.29, 1.82) is 10.5 Å². The van der Waals surface area contributed by atoms with Crippen molar-refractivity contribution >= 4 is 47.2 Å². The SMILES string of the molecule is Cl.Cl.Cn1cncc1C(NCc1ccc(C#N)c(Cl)c1)c1ccc(C#N)c(-c2cccc3ccccc23)c1. The predicted molar refractivity (Wildman–Crippen MR) is 157 cm³/mol. The second kappa shape index (κ2) is 12.6. The van der Waals surface area contributed by atoms with E-state index in [1.54, 1.807) is 12.4 Å². The predicted octanol–water partition coefficient (Wildman–Crippen LogP) is 7.36. The summed E-state index contributed by atoms with van der Waals surface area (Å²) in [6.07, 6.45) is 3.62. The van der Waals surface area contributed by atoms with Crippen molar-refractivity contribution in [2.24, 2.45) is 7.05 Å². The standard InChI is InChI=1S/C30H22ClN5.2ClH/c1-36-19-34-18-29(36)30(35-17-20-9-10-24(16-33)28(31)13-20)22-11-12-23(15-32)27(14-22)26-8-4-6-21-5-2-3-7-25(21)26;;/h2-14,18-19,30,35H,17H2,1H3;2*1H. The fraction of sp³-hybridized carbons (Fsp3) is 0.100. The molecule has 0 amide bonds. The van der Waals surface area contributed by atoms with Crippen molar-refractivity contribution < 1.29 is 0 Å². The van der Waals surface area contributed by atoms with Crippen molar-refractivity contribution in [3.05, 3.63) is 124 Å². The minimum atomic E-state index is -0.187. The molecule has 1 unspecified atom stereocenters. The number of aryl methyl sites for hydroxylation is 1. The van der Waals surface area contributed by atoms with Gasteiger partial charge in [0.15, 0.2) is 0 Å². The lowest BCUT2D eigenvalue weighted by atomic mass is 9.91. The van der Waals surface area contributed by atoms with E-state index in [4.69, 9.17) is 11.6 Å². The van der Waals surface area contributed by atoms with E-state index in [2.05, 4.69) is 52.8 Å². The number of nitrogens with one attached hydrogen (secondary N) is 1. The number of hydrogen-bond acceptors (Lipinski definition) is 4. The third kappa shape index (κ3) is 5.68. The second-order valence-electron chi connectivity index (χ2n) is 8.61. The van der Waals surface area contributed by atoms with E-state index in [-0.39, 0.29) is 30.9 Å². The molecule has 0 bridgehead atoms. The summed E-state index contributed by atoms with van der Waals surface area (Å²) < 4.78 is 1.99. The molecule has 0 fully saturated rings. The lowest BCUT2D eigenvalue weighted by Gasteiger charge is -2.21. The van der Waals surface area contributed by atoms with Crippen LogP contribution in [0.4, 0.5) is 0 Å². The van der Waals surface area contributed by atoms with E-state index in [9.17, 15) is 10.5 Å². The van der Waals surface area contributed by atoms with Crippen LogP contribution >= 0.6 is 36.4 Å². The van der Waals surface area contributed by atoms with Crippen LogP contribution in [-0.2, 0) is 13.6 Å². The molecule has 0 aliphatic rings. The van der Waals surface area contributed by atoms with Crippen LogP contribution in [0.5, 0.6) is 0 Å². The molecular formula is C30H24Cl3N5. The Hall–Kier alpha value is -3.84. The molecule has 38 heavy (non-hydrogen) atoms. The summed E-state index contributed by atoms with van der Waals surface area (Å²) in [4.78, 5) is 4.33. The zero-order valence-electron chi connectivity index (χ0n) is 20.4. The van der Waals surface area contributed by atoms with E-state index in [1.807, 2.05) is 60.3 Å². The molecule has 0 aliphatic carbocycles. The quantitative estimate of drug-likeness (QED) is 0.235. The van der Waals surface area contributed by atoms with Gasteiger partial charge in [0.2, 0.25) is 0 Å². The molecule has 1 aromatic heterocycles. The summed E-state index contributed by atoms with van der Waals surface area (Å²) in [7, 11) is 1.96. The molecular weight excluding hydrogens is 537 g/mol. The molecule has 0 saturated heterocycles. The first-order chi connectivity index (χ1) is 17.6. The minimum Gasteiger partial charge on any atom is -0.336 e. The topological polar surface area (TPSA) is 77.4 Å². The van der Waals surface area contributed by atoms with Gasteiger partial charge in [0.25, 0.3) is 0 Å². The Morgan fingerprint density at radius 2 is 1.63 bits per heavy atom. The number of nitrogens with zero attached hydrogens (tertiary/aromatic N) is 4. The molecule has 0 spiro atoms. The molecule has 5 nitrogen and oxygen atoms in total. The van der Waals surface area contributed by atoms with Gasteiger partial charge >= 0.3 is 0 Å². The molecule has 8 heteroatoms. The van der Waals surface area contributed by atoms with Gasteiger partial charge in [-0.1, -0.05) is 66.2 Å². The number of imidazole rings is 1. The monoisotopic (exact) mass is 559 g/mol. The van der Waals surface area contributed by atoms with Crippen molar-refractivity contribution in [3.8, 4) is 23.3 Å². The van der Waals surface area contributed by atoms with E-state index >= 15 is 0 Å². The van der Waals surface area contributed by atoms with Gasteiger partial charge < -0.3 is 9.88 Å². The van der Waals surface area contributed by atoms with Gasteiger partial charge in [-0.2, -0.15) is 10.5 Å². The van der Waals surface area contributed by atoms with Gasteiger partial charge in [-0.25, -0.2) is 4.98 Å². The van der Waals surface area contributed by atoms with Crippen LogP contribution in [0, 0.1) is 22.7 Å². The smallest absolute Gasteiger partial charge is 0.101 e. The molecule has 0 radical (unpaired) electrons. The molecule has 5 aromatic rings. The maximum absolute atomic E-state index is 9.92. The van der Waals surface area contributed by atoms with Gasteiger partial charge in [-0.15, -0.1) is 24.8 Å². The lowest BCUT2D eigenvalue weighted by Crippen LogP contribution is -2.24. The van der Waals surface area contributed by atoms with Crippen molar-refractivity contribution in [2.75, 3.05) is 0 Å². The van der Waals surface area contributed by atoms with Crippen LogP contribution < -0.4 is 5.32 Å². The first-order valence-corrected chi connectivity index (χ1v) is 11.9. The normalized spacial score (nSPS) is 11.1. The first kappa shape index (κ1) is 28.7. The number of hydrogen-bond donors (Lipinski definition) is 1. The molecule has 0 aliphatic heterocycles. The Bertz CT molecular complexity index is 1660. The van der Waals surface area contributed by atoms with E-state index < -0.39 is 0 Å². The summed E-state index contributed by atoms with van der Waals surface area (Å²) in [5.74, 6) is 0. The van der Waals surface area contributed by atoms with Crippen LogP contribution in [0.3, 0.4) is 0 Å². The minimum absolute atomic E-state index is 0. The van der Waals surface area contributed by atoms with Crippen LogP contribution in [0.25, 0.3) is 21.9 Å². The lowest BCUT2D eigenvalue weighted by molar-refractivity contribution is 0.573.